The first-order chi connectivity index (χ1) is 21.6. The molecule has 4 saturated carbocycles. The lowest BCUT2D eigenvalue weighted by molar-refractivity contribution is -0.124. The number of ether oxygens (including phenoxy) is 1. The average molecular weight is 611 g/mol. The van der Waals surface area contributed by atoms with Crippen molar-refractivity contribution in [2.75, 3.05) is 18.6 Å². The van der Waals surface area contributed by atoms with Crippen molar-refractivity contribution in [1.29, 1.82) is 0 Å². The molecule has 0 spiro atoms. The smallest absolute Gasteiger partial charge is 0.230 e. The predicted octanol–water partition coefficient (Wildman–Crippen LogP) is 8.25. The Hall–Kier alpha value is -3.48. The van der Waals surface area contributed by atoms with Gasteiger partial charge in [0.25, 0.3) is 0 Å². The Morgan fingerprint density at radius 1 is 0.978 bits per heavy atom. The fraction of sp³-hybridized carbons (Fsp3) is 0.579. The zero-order valence-corrected chi connectivity index (χ0v) is 27.8. The Labute approximate surface area is 268 Å². The summed E-state index contributed by atoms with van der Waals surface area (Å²) in [5, 5.41) is 4.55. The van der Waals surface area contributed by atoms with Crippen LogP contribution in [0.4, 0.5) is 5.69 Å². The first-order valence-corrected chi connectivity index (χ1v) is 17.1. The third-order valence-corrected chi connectivity index (χ3v) is 11.4. The molecule has 4 fully saturated rings. The average Bonchev–Trinajstić information content (AvgIpc) is 3.56. The van der Waals surface area contributed by atoms with E-state index in [1.165, 1.54) is 11.1 Å². The number of anilines is 1. The van der Waals surface area contributed by atoms with Crippen molar-refractivity contribution in [1.82, 2.24) is 14.8 Å². The van der Waals surface area contributed by atoms with Gasteiger partial charge < -0.3 is 14.4 Å². The van der Waals surface area contributed by atoms with Crippen molar-refractivity contribution in [3.8, 4) is 16.9 Å². The third-order valence-electron chi connectivity index (χ3n) is 11.4. The molecule has 0 saturated heterocycles. The molecule has 0 radical (unpaired) electrons. The van der Waals surface area contributed by atoms with Gasteiger partial charge in [-0.1, -0.05) is 12.1 Å². The van der Waals surface area contributed by atoms with E-state index in [2.05, 4.69) is 66.2 Å². The number of carbonyl (C=O) groups is 2. The maximum absolute atomic E-state index is 14.5. The number of aryl methyl sites for hydroxylation is 1. The number of amides is 1. The van der Waals surface area contributed by atoms with Gasteiger partial charge in [0, 0.05) is 48.4 Å². The topological polar surface area (TPSA) is 77.3 Å². The Bertz CT molecular complexity index is 1510. The van der Waals surface area contributed by atoms with E-state index < -0.39 is 0 Å². The predicted molar refractivity (Wildman–Crippen MR) is 178 cm³/mol. The molecular formula is C38H50N4O3. The van der Waals surface area contributed by atoms with Crippen molar-refractivity contribution in [2.45, 2.75) is 110 Å². The number of rotatable bonds is 10. The van der Waals surface area contributed by atoms with Gasteiger partial charge in [0.15, 0.2) is 0 Å². The minimum absolute atomic E-state index is 0.00879. The van der Waals surface area contributed by atoms with E-state index in [0.717, 1.165) is 93.3 Å². The molecule has 1 aromatic carbocycles. The van der Waals surface area contributed by atoms with Gasteiger partial charge in [-0.2, -0.15) is 5.10 Å². The number of ketones is 1. The van der Waals surface area contributed by atoms with Crippen molar-refractivity contribution < 1.29 is 14.3 Å². The molecule has 240 valence electrons. The van der Waals surface area contributed by atoms with Crippen LogP contribution in [0.15, 0.2) is 49.1 Å². The number of aromatic nitrogens is 3. The lowest BCUT2D eigenvalue weighted by Crippen LogP contribution is -2.51. The SMILES string of the molecule is COc1ccc(C23CCC(CN(C(=O)C4CCC(CC(C)=O)CC4)c4cncc(-c5cnn(C(C)C)c5)c4)(CC2)CC3)cc1C. The summed E-state index contributed by atoms with van der Waals surface area (Å²) in [4.78, 5) is 33.0. The number of nitrogens with zero attached hydrogens (tertiary/aromatic N) is 4. The lowest BCUT2D eigenvalue weighted by Gasteiger charge is -2.55. The number of fused-ring (bicyclic) bond motifs is 3. The molecule has 0 unspecified atom stereocenters. The van der Waals surface area contributed by atoms with Crippen LogP contribution in [0.5, 0.6) is 5.75 Å². The van der Waals surface area contributed by atoms with E-state index in [1.807, 2.05) is 23.3 Å². The molecule has 45 heavy (non-hydrogen) atoms. The van der Waals surface area contributed by atoms with Gasteiger partial charge in [-0.05, 0) is 132 Å². The van der Waals surface area contributed by atoms with Gasteiger partial charge >= 0.3 is 0 Å². The number of methoxy groups -OCH3 is 1. The molecule has 0 N–H and O–H groups in total. The Morgan fingerprint density at radius 2 is 1.69 bits per heavy atom. The minimum Gasteiger partial charge on any atom is -0.496 e. The van der Waals surface area contributed by atoms with Crippen LogP contribution in [0.1, 0.15) is 109 Å². The highest BCUT2D eigenvalue weighted by Gasteiger charge is 2.50. The fourth-order valence-electron chi connectivity index (χ4n) is 8.52. The normalized spacial score (nSPS) is 26.2. The second kappa shape index (κ2) is 12.7. The van der Waals surface area contributed by atoms with Crippen molar-refractivity contribution in [2.24, 2.45) is 17.3 Å². The fourth-order valence-corrected chi connectivity index (χ4v) is 8.52. The summed E-state index contributed by atoms with van der Waals surface area (Å²) in [7, 11) is 1.74. The standard InChI is InChI=1S/C38H50N4O3/c1-26(2)42-24-32(22-40-42)31-20-34(23-39-21-31)41(36(44)30-8-6-29(7-9-30)19-28(4)43)25-37-12-15-38(16-13-37,17-14-37)33-10-11-35(45-5)27(3)18-33/h10-11,18,20-24,26,29-30H,6-9,12-17,19,25H2,1-5H3. The third kappa shape index (κ3) is 6.45. The van der Waals surface area contributed by atoms with Crippen LogP contribution < -0.4 is 9.64 Å². The summed E-state index contributed by atoms with van der Waals surface area (Å²) in [6.07, 6.45) is 18.8. The molecule has 2 bridgehead atoms. The van der Waals surface area contributed by atoms with Crippen molar-refractivity contribution >= 4 is 17.4 Å². The van der Waals surface area contributed by atoms with E-state index >= 15 is 0 Å². The zero-order valence-electron chi connectivity index (χ0n) is 27.8. The van der Waals surface area contributed by atoms with Gasteiger partial charge in [-0.3, -0.25) is 14.5 Å². The Balaban J connectivity index is 1.25. The zero-order chi connectivity index (χ0) is 31.8. The summed E-state index contributed by atoms with van der Waals surface area (Å²) in [5.74, 6) is 1.84. The summed E-state index contributed by atoms with van der Waals surface area (Å²) in [6, 6.07) is 9.17. The summed E-state index contributed by atoms with van der Waals surface area (Å²) >= 11 is 0. The molecule has 2 aromatic heterocycles. The van der Waals surface area contributed by atoms with Crippen LogP contribution in [-0.2, 0) is 15.0 Å². The molecule has 7 rings (SSSR count). The van der Waals surface area contributed by atoms with Crippen LogP contribution in [0.3, 0.4) is 0 Å². The number of hydrogen-bond donors (Lipinski definition) is 0. The second-order valence-corrected chi connectivity index (χ2v) is 14.7. The second-order valence-electron chi connectivity index (χ2n) is 14.7. The Morgan fingerprint density at radius 3 is 2.29 bits per heavy atom. The molecule has 7 nitrogen and oxygen atoms in total. The molecule has 4 aliphatic carbocycles. The van der Waals surface area contributed by atoms with Gasteiger partial charge in [0.1, 0.15) is 11.5 Å². The number of pyridine rings is 1. The van der Waals surface area contributed by atoms with Crippen LogP contribution in [0, 0.1) is 24.2 Å². The van der Waals surface area contributed by atoms with Gasteiger partial charge in [0.2, 0.25) is 5.91 Å². The first-order valence-electron chi connectivity index (χ1n) is 17.1. The van der Waals surface area contributed by atoms with E-state index in [9.17, 15) is 9.59 Å². The minimum atomic E-state index is -0.00879. The number of Topliss-reactive ketones (excluding diaryl/α,β-unsaturated/α-hetero) is 1. The summed E-state index contributed by atoms with van der Waals surface area (Å²) in [5.41, 5.74) is 5.88. The van der Waals surface area contributed by atoms with Crippen molar-refractivity contribution in [3.05, 3.63) is 60.2 Å². The molecule has 3 aromatic rings. The van der Waals surface area contributed by atoms with E-state index in [0.29, 0.717) is 12.3 Å². The van der Waals surface area contributed by atoms with Crippen molar-refractivity contribution in [3.63, 3.8) is 0 Å². The number of carbonyl (C=O) groups excluding carboxylic acids is 2. The highest BCUT2D eigenvalue weighted by molar-refractivity contribution is 5.95. The van der Waals surface area contributed by atoms with Gasteiger partial charge in [-0.25, -0.2) is 0 Å². The highest BCUT2D eigenvalue weighted by Crippen LogP contribution is 2.58. The lowest BCUT2D eigenvalue weighted by atomic mass is 9.51. The maximum Gasteiger partial charge on any atom is 0.230 e. The largest absolute Gasteiger partial charge is 0.496 e. The van der Waals surface area contributed by atoms with Crippen LogP contribution in [0.25, 0.3) is 11.1 Å². The van der Waals surface area contributed by atoms with E-state index in [4.69, 9.17) is 4.74 Å². The highest BCUT2D eigenvalue weighted by atomic mass is 16.5. The molecule has 0 atom stereocenters. The van der Waals surface area contributed by atoms with Gasteiger partial charge in [0.05, 0.1) is 25.2 Å². The van der Waals surface area contributed by atoms with Gasteiger partial charge in [-0.15, -0.1) is 0 Å². The Kier molecular flexibility index (Phi) is 8.91. The molecular weight excluding hydrogens is 560 g/mol. The first kappa shape index (κ1) is 31.5. The van der Waals surface area contributed by atoms with Crippen LogP contribution >= 0.6 is 0 Å². The number of hydrogen-bond acceptors (Lipinski definition) is 5. The van der Waals surface area contributed by atoms with Crippen LogP contribution in [0.2, 0.25) is 0 Å². The maximum atomic E-state index is 14.5. The summed E-state index contributed by atoms with van der Waals surface area (Å²) in [6.45, 7) is 8.81. The van der Waals surface area contributed by atoms with E-state index in [1.54, 1.807) is 14.0 Å². The molecule has 0 aliphatic heterocycles. The molecule has 2 heterocycles. The monoisotopic (exact) mass is 610 g/mol. The van der Waals surface area contributed by atoms with E-state index in [-0.39, 0.29) is 34.5 Å². The molecule has 4 aliphatic rings. The molecule has 1 amide bonds. The number of benzene rings is 1. The quantitative estimate of drug-likeness (QED) is 0.231. The summed E-state index contributed by atoms with van der Waals surface area (Å²) < 4.78 is 7.51. The molecule has 7 heteroatoms. The van der Waals surface area contributed by atoms with Crippen LogP contribution in [-0.4, -0.2) is 40.1 Å².